The smallest absolute Gasteiger partial charge is 0.305 e. The summed E-state index contributed by atoms with van der Waals surface area (Å²) in [6, 6.07) is 6.88. The second-order valence-electron chi connectivity index (χ2n) is 5.55. The van der Waals surface area contributed by atoms with Gasteiger partial charge in [-0.2, -0.15) is 0 Å². The van der Waals surface area contributed by atoms with E-state index in [1.807, 2.05) is 23.1 Å². The zero-order chi connectivity index (χ0) is 17.5. The number of sulfone groups is 1. The Bertz CT molecular complexity index is 905. The average Bonchev–Trinajstić information content (AvgIpc) is 2.99. The van der Waals surface area contributed by atoms with Crippen LogP contribution in [-0.4, -0.2) is 33.3 Å². The second-order valence-corrected chi connectivity index (χ2v) is 8.83. The number of benzene rings is 1. The Kier molecular flexibility index (Phi) is 4.22. The van der Waals surface area contributed by atoms with Gasteiger partial charge >= 0.3 is 5.69 Å². The molecule has 0 N–H and O–H groups in total. The third-order valence-electron chi connectivity index (χ3n) is 3.96. The van der Waals surface area contributed by atoms with Crippen LogP contribution in [0.25, 0.3) is 0 Å². The number of hydrogen-bond donors (Lipinski definition) is 0. The van der Waals surface area contributed by atoms with Gasteiger partial charge in [0, 0.05) is 31.0 Å². The number of nitro groups is 1. The van der Waals surface area contributed by atoms with Crippen molar-refractivity contribution in [1.29, 1.82) is 0 Å². The Hall–Kier alpha value is -2.13. The minimum atomic E-state index is -3.48. The molecule has 0 saturated heterocycles. The molecule has 0 aliphatic carbocycles. The molecular formula is C15H16N2O5S2. The lowest BCUT2D eigenvalue weighted by molar-refractivity contribution is -0.383. The maximum Gasteiger partial charge on any atom is 0.305 e. The van der Waals surface area contributed by atoms with Gasteiger partial charge in [-0.3, -0.25) is 10.1 Å². The fourth-order valence-corrected chi connectivity index (χ4v) is 4.88. The highest BCUT2D eigenvalue weighted by Gasteiger charge is 2.30. The standard InChI is InChI=1S/C15H16N2O5S2/c1-22-13-5-3-4-10-9-16(7-6-11(10)13)15-12(17(18)19)8-14(23-15)24(2,20)21/h3-5,8H,6-7,9H2,1-2H3. The largest absolute Gasteiger partial charge is 0.496 e. The van der Waals surface area contributed by atoms with E-state index < -0.39 is 14.8 Å². The Balaban J connectivity index is 2.01. The van der Waals surface area contributed by atoms with Crippen LogP contribution in [0, 0.1) is 10.1 Å². The summed E-state index contributed by atoms with van der Waals surface area (Å²) in [4.78, 5) is 12.7. The first kappa shape index (κ1) is 16.7. The topological polar surface area (TPSA) is 89.8 Å². The second kappa shape index (κ2) is 6.06. The van der Waals surface area contributed by atoms with Crippen molar-refractivity contribution < 1.29 is 18.1 Å². The Labute approximate surface area is 143 Å². The van der Waals surface area contributed by atoms with E-state index in [2.05, 4.69) is 0 Å². The molecule has 0 amide bonds. The molecule has 3 rings (SSSR count). The maximum absolute atomic E-state index is 11.7. The predicted octanol–water partition coefficient (Wildman–Crippen LogP) is 2.63. The van der Waals surface area contributed by atoms with Crippen molar-refractivity contribution in [3.63, 3.8) is 0 Å². The molecule has 0 radical (unpaired) electrons. The van der Waals surface area contributed by atoms with Crippen molar-refractivity contribution >= 4 is 31.9 Å². The minimum Gasteiger partial charge on any atom is -0.496 e. The molecule has 0 bridgehead atoms. The summed E-state index contributed by atoms with van der Waals surface area (Å²) in [5.74, 6) is 0.810. The Morgan fingerprint density at radius 3 is 2.75 bits per heavy atom. The van der Waals surface area contributed by atoms with Crippen molar-refractivity contribution in [1.82, 2.24) is 0 Å². The molecule has 24 heavy (non-hydrogen) atoms. The Morgan fingerprint density at radius 2 is 2.12 bits per heavy atom. The number of ether oxygens (including phenoxy) is 1. The van der Waals surface area contributed by atoms with Gasteiger partial charge in [-0.25, -0.2) is 8.42 Å². The highest BCUT2D eigenvalue weighted by atomic mass is 32.2. The molecule has 0 atom stereocenters. The molecule has 1 aromatic heterocycles. The zero-order valence-electron chi connectivity index (χ0n) is 13.2. The van der Waals surface area contributed by atoms with E-state index >= 15 is 0 Å². The average molecular weight is 368 g/mol. The zero-order valence-corrected chi connectivity index (χ0v) is 14.8. The highest BCUT2D eigenvalue weighted by molar-refractivity contribution is 7.92. The molecule has 0 unspecified atom stereocenters. The number of rotatable bonds is 4. The van der Waals surface area contributed by atoms with Crippen LogP contribution in [0.2, 0.25) is 0 Å². The van der Waals surface area contributed by atoms with Gasteiger partial charge in [0.15, 0.2) is 14.8 Å². The minimum absolute atomic E-state index is 0.0145. The van der Waals surface area contributed by atoms with E-state index in [-0.39, 0.29) is 9.90 Å². The van der Waals surface area contributed by atoms with Crippen molar-refractivity contribution in [2.45, 2.75) is 17.2 Å². The van der Waals surface area contributed by atoms with E-state index in [4.69, 9.17) is 4.74 Å². The quantitative estimate of drug-likeness (QED) is 0.609. The number of thiophene rings is 1. The third kappa shape index (κ3) is 2.96. The lowest BCUT2D eigenvalue weighted by Crippen LogP contribution is -2.30. The summed E-state index contributed by atoms with van der Waals surface area (Å²) in [6.07, 6.45) is 1.74. The summed E-state index contributed by atoms with van der Waals surface area (Å²) < 4.78 is 28.9. The van der Waals surface area contributed by atoms with Gasteiger partial charge in [0.05, 0.1) is 12.0 Å². The van der Waals surface area contributed by atoms with E-state index in [1.54, 1.807) is 7.11 Å². The van der Waals surface area contributed by atoms with Gasteiger partial charge in [0.1, 0.15) is 9.96 Å². The van der Waals surface area contributed by atoms with Gasteiger partial charge in [0.2, 0.25) is 0 Å². The molecule has 7 nitrogen and oxygen atoms in total. The molecule has 0 spiro atoms. The van der Waals surface area contributed by atoms with E-state index in [0.29, 0.717) is 24.5 Å². The molecule has 9 heteroatoms. The summed E-state index contributed by atoms with van der Waals surface area (Å²) in [5, 5.41) is 11.7. The molecule has 2 aromatic rings. The Morgan fingerprint density at radius 1 is 1.38 bits per heavy atom. The summed E-state index contributed by atoms with van der Waals surface area (Å²) >= 11 is 0.951. The summed E-state index contributed by atoms with van der Waals surface area (Å²) in [7, 11) is -1.86. The lowest BCUT2D eigenvalue weighted by Gasteiger charge is -2.29. The fraction of sp³-hybridized carbons (Fsp3) is 0.333. The van der Waals surface area contributed by atoms with Crippen LogP contribution in [0.15, 0.2) is 28.5 Å². The predicted molar refractivity (Wildman–Crippen MR) is 91.8 cm³/mol. The van der Waals surface area contributed by atoms with Crippen LogP contribution in [-0.2, 0) is 22.8 Å². The van der Waals surface area contributed by atoms with E-state index in [1.165, 1.54) is 0 Å². The number of methoxy groups -OCH3 is 1. The van der Waals surface area contributed by atoms with Crippen LogP contribution in [0.1, 0.15) is 11.1 Å². The molecule has 1 aliphatic rings. The van der Waals surface area contributed by atoms with Crippen LogP contribution < -0.4 is 9.64 Å². The maximum atomic E-state index is 11.7. The van der Waals surface area contributed by atoms with Gasteiger partial charge in [-0.15, -0.1) is 0 Å². The first-order chi connectivity index (χ1) is 11.3. The van der Waals surface area contributed by atoms with Crippen molar-refractivity contribution in [2.24, 2.45) is 0 Å². The summed E-state index contributed by atoms with van der Waals surface area (Å²) in [5.41, 5.74) is 1.97. The fourth-order valence-electron chi connectivity index (χ4n) is 2.83. The van der Waals surface area contributed by atoms with Gasteiger partial charge < -0.3 is 9.64 Å². The molecule has 1 aromatic carbocycles. The van der Waals surface area contributed by atoms with Gasteiger partial charge in [0.25, 0.3) is 0 Å². The molecule has 0 fully saturated rings. The molecular weight excluding hydrogens is 352 g/mol. The summed E-state index contributed by atoms with van der Waals surface area (Å²) in [6.45, 7) is 1.05. The first-order valence-electron chi connectivity index (χ1n) is 7.19. The first-order valence-corrected chi connectivity index (χ1v) is 9.90. The molecule has 1 aliphatic heterocycles. The number of fused-ring (bicyclic) bond motifs is 1. The van der Waals surface area contributed by atoms with Gasteiger partial charge in [-0.1, -0.05) is 23.5 Å². The van der Waals surface area contributed by atoms with Crippen LogP contribution in [0.3, 0.4) is 0 Å². The molecule has 2 heterocycles. The van der Waals surface area contributed by atoms with Crippen molar-refractivity contribution in [2.75, 3.05) is 24.8 Å². The SMILES string of the molecule is COc1cccc2c1CCN(c1sc(S(C)(=O)=O)cc1[N+](=O)[O-])C2. The van der Waals surface area contributed by atoms with Crippen molar-refractivity contribution in [3.05, 3.63) is 45.5 Å². The number of hydrogen-bond acceptors (Lipinski definition) is 7. The van der Waals surface area contributed by atoms with E-state index in [9.17, 15) is 18.5 Å². The van der Waals surface area contributed by atoms with Crippen molar-refractivity contribution in [3.8, 4) is 5.75 Å². The third-order valence-corrected chi connectivity index (χ3v) is 6.95. The number of nitrogens with zero attached hydrogens (tertiary/aromatic N) is 2. The van der Waals surface area contributed by atoms with Gasteiger partial charge in [-0.05, 0) is 18.1 Å². The monoisotopic (exact) mass is 368 g/mol. The molecule has 128 valence electrons. The highest BCUT2D eigenvalue weighted by Crippen LogP contribution is 2.42. The van der Waals surface area contributed by atoms with E-state index in [0.717, 1.165) is 40.5 Å². The van der Waals surface area contributed by atoms with Crippen LogP contribution in [0.4, 0.5) is 10.7 Å². The number of anilines is 1. The molecule has 0 saturated carbocycles. The normalized spacial score (nSPS) is 14.3. The lowest BCUT2D eigenvalue weighted by atomic mass is 9.99. The van der Waals surface area contributed by atoms with Crippen LogP contribution in [0.5, 0.6) is 5.75 Å². The van der Waals surface area contributed by atoms with Crippen LogP contribution >= 0.6 is 11.3 Å².